The predicted octanol–water partition coefficient (Wildman–Crippen LogP) is 3.48. The highest BCUT2D eigenvalue weighted by atomic mass is 79.9. The maximum absolute atomic E-state index is 12.3. The number of carbonyl (C=O) groups is 1. The van der Waals surface area contributed by atoms with Gasteiger partial charge in [0.1, 0.15) is 5.82 Å². The van der Waals surface area contributed by atoms with Crippen LogP contribution in [0.3, 0.4) is 0 Å². The largest absolute Gasteiger partial charge is 0.389 e. The minimum Gasteiger partial charge on any atom is -0.389 e. The summed E-state index contributed by atoms with van der Waals surface area (Å²) in [5, 5.41) is 14.5. The molecule has 0 atom stereocenters. The lowest BCUT2D eigenvalue weighted by Crippen LogP contribution is -2.26. The Bertz CT molecular complexity index is 1130. The molecular formula is C21H22BrN5O2. The summed E-state index contributed by atoms with van der Waals surface area (Å²) < 4.78 is 4.83. The highest BCUT2D eigenvalue weighted by molar-refractivity contribution is 9.10. The predicted molar refractivity (Wildman–Crippen MR) is 112 cm³/mol. The topological polar surface area (TPSA) is 99.0 Å². The van der Waals surface area contributed by atoms with Gasteiger partial charge in [-0.05, 0) is 50.3 Å². The lowest BCUT2D eigenvalue weighted by Gasteiger charge is -2.35. The number of nitrogens with zero attached hydrogens (tertiary/aromatic N) is 4. The summed E-state index contributed by atoms with van der Waals surface area (Å²) in [7, 11) is 0. The van der Waals surface area contributed by atoms with E-state index >= 15 is 0 Å². The van der Waals surface area contributed by atoms with Crippen molar-refractivity contribution >= 4 is 21.8 Å². The zero-order chi connectivity index (χ0) is 20.5. The van der Waals surface area contributed by atoms with Gasteiger partial charge in [0.05, 0.1) is 24.0 Å². The summed E-state index contributed by atoms with van der Waals surface area (Å²) in [4.78, 5) is 17.0. The normalized spacial score (nSPS) is 19.9. The average Bonchev–Trinajstić information content (AvgIpc) is 3.12. The van der Waals surface area contributed by atoms with Gasteiger partial charge in [-0.15, -0.1) is 0 Å². The van der Waals surface area contributed by atoms with Gasteiger partial charge in [-0.25, -0.2) is 4.98 Å². The van der Waals surface area contributed by atoms with Gasteiger partial charge in [0.25, 0.3) is 5.91 Å². The number of aromatic nitrogens is 4. The van der Waals surface area contributed by atoms with Gasteiger partial charge in [0.2, 0.25) is 0 Å². The fraction of sp³-hybridized carbons (Fsp3) is 0.381. The van der Waals surface area contributed by atoms with Gasteiger partial charge in [-0.2, -0.15) is 5.10 Å². The van der Waals surface area contributed by atoms with Crippen LogP contribution in [-0.4, -0.2) is 35.9 Å². The summed E-state index contributed by atoms with van der Waals surface area (Å²) in [6.07, 6.45) is 5.59. The van der Waals surface area contributed by atoms with Gasteiger partial charge >= 0.3 is 0 Å². The number of rotatable bonds is 4. The van der Waals surface area contributed by atoms with Gasteiger partial charge in [0.15, 0.2) is 5.69 Å². The van der Waals surface area contributed by atoms with E-state index in [1.807, 2.05) is 6.20 Å². The van der Waals surface area contributed by atoms with Crippen molar-refractivity contribution in [1.29, 1.82) is 0 Å². The van der Waals surface area contributed by atoms with Gasteiger partial charge in [-0.1, -0.05) is 22.0 Å². The number of primary amides is 1. The minimum atomic E-state index is -0.892. The highest BCUT2D eigenvalue weighted by Crippen LogP contribution is 2.54. The van der Waals surface area contributed by atoms with Crippen LogP contribution in [0.25, 0.3) is 22.6 Å². The van der Waals surface area contributed by atoms with Crippen molar-refractivity contribution in [2.24, 2.45) is 5.73 Å². The summed E-state index contributed by atoms with van der Waals surface area (Å²) in [6, 6.07) is 6.55. The smallest absolute Gasteiger partial charge is 0.269 e. The zero-order valence-corrected chi connectivity index (χ0v) is 17.8. The van der Waals surface area contributed by atoms with Crippen LogP contribution < -0.4 is 5.73 Å². The molecule has 8 heteroatoms. The zero-order valence-electron chi connectivity index (χ0n) is 16.3. The first kappa shape index (κ1) is 18.6. The summed E-state index contributed by atoms with van der Waals surface area (Å²) in [5.74, 6) is 0.737. The maximum atomic E-state index is 12.3. The molecule has 1 fully saturated rings. The van der Waals surface area contributed by atoms with Crippen molar-refractivity contribution < 1.29 is 9.90 Å². The number of hydrogen-bond acceptors (Lipinski definition) is 4. The van der Waals surface area contributed by atoms with Crippen LogP contribution in [0.4, 0.5) is 0 Å². The van der Waals surface area contributed by atoms with Gasteiger partial charge in [-0.3, -0.25) is 9.48 Å². The first-order chi connectivity index (χ1) is 13.7. The molecule has 2 aromatic heterocycles. The molecule has 3 aromatic rings. The third-order valence-electron chi connectivity index (χ3n) is 5.77. The summed E-state index contributed by atoms with van der Waals surface area (Å²) in [6.45, 7) is 3.82. The Hall–Kier alpha value is -2.45. The van der Waals surface area contributed by atoms with Crippen molar-refractivity contribution in [1.82, 2.24) is 19.3 Å². The van der Waals surface area contributed by atoms with E-state index in [4.69, 9.17) is 10.7 Å². The van der Waals surface area contributed by atoms with Crippen molar-refractivity contribution in [3.05, 3.63) is 46.3 Å². The van der Waals surface area contributed by atoms with Crippen molar-refractivity contribution in [2.45, 2.75) is 50.8 Å². The number of aliphatic hydroxyl groups is 1. The first-order valence-electron chi connectivity index (χ1n) is 9.68. The number of hydrogen-bond donors (Lipinski definition) is 2. The molecule has 150 valence electrons. The Morgan fingerprint density at radius 2 is 2.14 bits per heavy atom. The standard InChI is InChI=1S/C21H22BrN5O2/c1-21(2,29)10-26-9-12(8-24-26)18-17(19(23)28)25-20-16-7-13(22)3-4-15(16)11-5-14(6-11)27(18)20/h3-4,7-9,11,14,29H,5-6,10H2,1-2H3,(H2,23,28). The van der Waals surface area contributed by atoms with Crippen molar-refractivity contribution in [3.63, 3.8) is 0 Å². The molecule has 1 aromatic carbocycles. The molecular weight excluding hydrogens is 434 g/mol. The lowest BCUT2D eigenvalue weighted by molar-refractivity contribution is 0.0577. The quantitative estimate of drug-likeness (QED) is 0.628. The Kier molecular flexibility index (Phi) is 4.02. The molecule has 1 saturated carbocycles. The van der Waals surface area contributed by atoms with E-state index in [1.165, 1.54) is 5.56 Å². The second kappa shape index (κ2) is 6.27. The number of carbonyl (C=O) groups excluding carboxylic acids is 1. The van der Waals surface area contributed by atoms with Gasteiger partial charge < -0.3 is 15.4 Å². The van der Waals surface area contributed by atoms with Crippen LogP contribution in [0.15, 0.2) is 35.1 Å². The highest BCUT2D eigenvalue weighted by Gasteiger charge is 2.41. The molecule has 2 aliphatic heterocycles. The molecule has 0 unspecified atom stereocenters. The van der Waals surface area contributed by atoms with E-state index in [1.54, 1.807) is 24.7 Å². The van der Waals surface area contributed by atoms with E-state index in [0.717, 1.165) is 34.3 Å². The SMILES string of the molecule is CC(C)(O)Cn1cc(-c2c(C(N)=O)nc3n2C2CC(C2)c2ccc(Br)cc2-3)cn1. The number of nitrogens with two attached hydrogens (primary N) is 1. The van der Waals surface area contributed by atoms with Crippen LogP contribution >= 0.6 is 15.9 Å². The molecule has 0 saturated heterocycles. The van der Waals surface area contributed by atoms with Crippen LogP contribution in [0, 0.1) is 0 Å². The second-order valence-corrected chi connectivity index (χ2v) is 9.58. The maximum Gasteiger partial charge on any atom is 0.269 e. The fourth-order valence-electron chi connectivity index (χ4n) is 4.53. The molecule has 0 radical (unpaired) electrons. The number of halogens is 1. The fourth-order valence-corrected chi connectivity index (χ4v) is 4.89. The van der Waals surface area contributed by atoms with E-state index in [2.05, 4.69) is 43.8 Å². The molecule has 3 aliphatic rings. The molecule has 1 aliphatic carbocycles. The van der Waals surface area contributed by atoms with E-state index < -0.39 is 11.5 Å². The average molecular weight is 456 g/mol. The Morgan fingerprint density at radius 1 is 1.38 bits per heavy atom. The van der Waals surface area contributed by atoms with Crippen LogP contribution in [0.2, 0.25) is 0 Å². The molecule has 1 amide bonds. The Morgan fingerprint density at radius 3 is 2.83 bits per heavy atom. The molecule has 29 heavy (non-hydrogen) atoms. The molecule has 7 nitrogen and oxygen atoms in total. The third-order valence-corrected chi connectivity index (χ3v) is 6.27. The first-order valence-corrected chi connectivity index (χ1v) is 10.5. The van der Waals surface area contributed by atoms with E-state index in [-0.39, 0.29) is 11.7 Å². The second-order valence-electron chi connectivity index (χ2n) is 8.66. The number of amides is 1. The minimum absolute atomic E-state index is 0.263. The van der Waals surface area contributed by atoms with E-state index in [0.29, 0.717) is 18.2 Å². The van der Waals surface area contributed by atoms with Crippen LogP contribution in [-0.2, 0) is 6.54 Å². The Balaban J connectivity index is 1.72. The van der Waals surface area contributed by atoms with Gasteiger partial charge in [0, 0.05) is 27.8 Å². The number of benzene rings is 1. The monoisotopic (exact) mass is 455 g/mol. The molecule has 0 spiro atoms. The Labute approximate surface area is 176 Å². The lowest BCUT2D eigenvalue weighted by atomic mass is 9.75. The van der Waals surface area contributed by atoms with E-state index in [9.17, 15) is 9.90 Å². The van der Waals surface area contributed by atoms with Crippen LogP contribution in [0.5, 0.6) is 0 Å². The summed E-state index contributed by atoms with van der Waals surface area (Å²) in [5.41, 5.74) is 8.91. The molecule has 2 bridgehead atoms. The van der Waals surface area contributed by atoms with Crippen LogP contribution in [0.1, 0.15) is 54.7 Å². The number of imidazole rings is 1. The van der Waals surface area contributed by atoms with Crippen molar-refractivity contribution in [3.8, 4) is 22.6 Å². The van der Waals surface area contributed by atoms with Crippen molar-refractivity contribution in [2.75, 3.05) is 0 Å². The molecule has 4 heterocycles. The molecule has 6 rings (SSSR count). The molecule has 3 N–H and O–H groups in total. The summed E-state index contributed by atoms with van der Waals surface area (Å²) >= 11 is 3.57. The third kappa shape index (κ3) is 3.02.